The van der Waals surface area contributed by atoms with Gasteiger partial charge in [0.05, 0.1) is 23.6 Å². The molecule has 118 valence electrons. The van der Waals surface area contributed by atoms with Crippen LogP contribution in [0.25, 0.3) is 0 Å². The lowest BCUT2D eigenvalue weighted by molar-refractivity contribution is -0.117. The van der Waals surface area contributed by atoms with Crippen LogP contribution in [0.15, 0.2) is 23.1 Å². The van der Waals surface area contributed by atoms with Crippen LogP contribution in [0.4, 0.5) is 18.9 Å². The molecule has 21 heavy (non-hydrogen) atoms. The van der Waals surface area contributed by atoms with Crippen LogP contribution in [0.1, 0.15) is 6.42 Å². The monoisotopic (exact) mass is 326 g/mol. The Morgan fingerprint density at radius 2 is 2.05 bits per heavy atom. The smallest absolute Gasteiger partial charge is 0.261 e. The summed E-state index contributed by atoms with van der Waals surface area (Å²) in [4.78, 5) is 11.0. The average Bonchev–Trinajstić information content (AvgIpc) is 2.35. The second kappa shape index (κ2) is 7.38. The summed E-state index contributed by atoms with van der Waals surface area (Å²) in [5.74, 6) is -1.64. The third kappa shape index (κ3) is 6.10. The molecule has 1 aromatic rings. The van der Waals surface area contributed by atoms with Crippen molar-refractivity contribution in [2.45, 2.75) is 17.7 Å². The molecule has 0 atom stereocenters. The van der Waals surface area contributed by atoms with E-state index >= 15 is 0 Å². The van der Waals surface area contributed by atoms with Crippen LogP contribution >= 0.6 is 0 Å². The van der Waals surface area contributed by atoms with Gasteiger partial charge in [0.15, 0.2) is 0 Å². The zero-order valence-corrected chi connectivity index (χ0v) is 11.5. The van der Waals surface area contributed by atoms with Crippen molar-refractivity contribution in [3.8, 4) is 0 Å². The molecule has 0 aliphatic carbocycles. The number of anilines is 1. The molecule has 0 radical (unpaired) electrons. The lowest BCUT2D eigenvalue weighted by Gasteiger charge is -2.08. The Hall–Kier alpha value is -1.65. The highest BCUT2D eigenvalue weighted by atomic mass is 32.2. The van der Waals surface area contributed by atoms with Gasteiger partial charge in [0.2, 0.25) is 15.9 Å². The number of benzene rings is 1. The van der Waals surface area contributed by atoms with Crippen LogP contribution in [0.2, 0.25) is 0 Å². The molecule has 3 N–H and O–H groups in total. The molecule has 0 fully saturated rings. The minimum atomic E-state index is -4.04. The van der Waals surface area contributed by atoms with Crippen LogP contribution in [0, 0.1) is 5.82 Å². The first-order valence-electron chi connectivity index (χ1n) is 5.68. The average molecular weight is 326 g/mol. The molecule has 1 aromatic carbocycles. The summed E-state index contributed by atoms with van der Waals surface area (Å²) in [6.45, 7) is -1.03. The maximum absolute atomic E-state index is 13.6. The number of carbonyl (C=O) groups is 1. The van der Waals surface area contributed by atoms with Gasteiger partial charge in [-0.2, -0.15) is 0 Å². The van der Waals surface area contributed by atoms with E-state index in [-0.39, 0.29) is 18.7 Å². The van der Waals surface area contributed by atoms with E-state index in [1.54, 1.807) is 0 Å². The molecule has 0 unspecified atom stereocenters. The Labute approximate surface area is 119 Å². The van der Waals surface area contributed by atoms with E-state index in [1.807, 2.05) is 0 Å². The van der Waals surface area contributed by atoms with E-state index < -0.39 is 39.7 Å². The van der Waals surface area contributed by atoms with Gasteiger partial charge in [0, 0.05) is 0 Å². The normalized spacial score (nSPS) is 11.7. The Bertz CT molecular complexity index is 607. The fourth-order valence-corrected chi connectivity index (χ4v) is 1.85. The summed E-state index contributed by atoms with van der Waals surface area (Å²) in [6.07, 6.45) is -2.88. The first-order chi connectivity index (χ1) is 9.70. The number of primary sulfonamides is 1. The van der Waals surface area contributed by atoms with E-state index in [0.717, 1.165) is 12.1 Å². The number of sulfonamides is 1. The van der Waals surface area contributed by atoms with E-state index in [0.29, 0.717) is 6.07 Å². The predicted octanol–water partition coefficient (Wildman–Crippen LogP) is 1.08. The number of alkyl halides is 2. The van der Waals surface area contributed by atoms with Crippen molar-refractivity contribution in [1.82, 2.24) is 0 Å². The standard InChI is InChI=1S/C11H13F3N2O4S/c12-8-5-7(21(15,18)19)1-2-9(8)16-11(17)3-4-20-6-10(13)14/h1-2,5,10H,3-4,6H2,(H,16,17)(H2,15,18,19). The van der Waals surface area contributed by atoms with Crippen molar-refractivity contribution < 1.29 is 31.1 Å². The van der Waals surface area contributed by atoms with Crippen LogP contribution in [-0.2, 0) is 19.6 Å². The summed E-state index contributed by atoms with van der Waals surface area (Å²) in [6, 6.07) is 2.73. The molecule has 0 saturated heterocycles. The van der Waals surface area contributed by atoms with Gasteiger partial charge in [0.1, 0.15) is 12.4 Å². The minimum absolute atomic E-state index is 0.243. The first-order valence-corrected chi connectivity index (χ1v) is 7.23. The quantitative estimate of drug-likeness (QED) is 0.733. The number of nitrogens with one attached hydrogen (secondary N) is 1. The Balaban J connectivity index is 2.57. The highest BCUT2D eigenvalue weighted by Crippen LogP contribution is 2.18. The second-order valence-corrected chi connectivity index (χ2v) is 5.51. The number of rotatable bonds is 7. The Morgan fingerprint density at radius 1 is 1.38 bits per heavy atom. The fraction of sp³-hybridized carbons (Fsp3) is 0.364. The van der Waals surface area contributed by atoms with Gasteiger partial charge >= 0.3 is 0 Å². The topological polar surface area (TPSA) is 98.5 Å². The van der Waals surface area contributed by atoms with Gasteiger partial charge in [-0.3, -0.25) is 4.79 Å². The molecule has 0 aliphatic heterocycles. The number of amides is 1. The van der Waals surface area contributed by atoms with Crippen molar-refractivity contribution in [3.63, 3.8) is 0 Å². The third-order valence-electron chi connectivity index (χ3n) is 2.26. The molecule has 1 amide bonds. The Kier molecular flexibility index (Phi) is 6.12. The van der Waals surface area contributed by atoms with Gasteiger partial charge in [-0.1, -0.05) is 0 Å². The van der Waals surface area contributed by atoms with E-state index in [9.17, 15) is 26.4 Å². The van der Waals surface area contributed by atoms with Crippen LogP contribution in [-0.4, -0.2) is 34.0 Å². The first kappa shape index (κ1) is 17.4. The zero-order valence-electron chi connectivity index (χ0n) is 10.7. The lowest BCUT2D eigenvalue weighted by Crippen LogP contribution is -2.17. The lowest BCUT2D eigenvalue weighted by atomic mass is 10.3. The summed E-state index contributed by atoms with van der Waals surface area (Å²) >= 11 is 0. The number of nitrogens with two attached hydrogens (primary N) is 1. The molecule has 0 heterocycles. The van der Waals surface area contributed by atoms with Gasteiger partial charge in [-0.05, 0) is 18.2 Å². The van der Waals surface area contributed by atoms with Crippen molar-refractivity contribution in [2.24, 2.45) is 5.14 Å². The SMILES string of the molecule is NS(=O)(=O)c1ccc(NC(=O)CCOCC(F)F)c(F)c1. The molecule has 0 saturated carbocycles. The molecule has 6 nitrogen and oxygen atoms in total. The molecule has 10 heteroatoms. The summed E-state index contributed by atoms with van der Waals surface area (Å²) in [5.41, 5.74) is -0.249. The predicted molar refractivity (Wildman–Crippen MR) is 67.8 cm³/mol. The number of carbonyl (C=O) groups excluding carboxylic acids is 1. The minimum Gasteiger partial charge on any atom is -0.375 e. The molecule has 0 aliphatic rings. The molecule has 0 spiro atoms. The van der Waals surface area contributed by atoms with Gasteiger partial charge in [0.25, 0.3) is 6.43 Å². The molecular weight excluding hydrogens is 313 g/mol. The van der Waals surface area contributed by atoms with E-state index in [1.165, 1.54) is 0 Å². The maximum Gasteiger partial charge on any atom is 0.261 e. The Morgan fingerprint density at radius 3 is 2.57 bits per heavy atom. The van der Waals surface area contributed by atoms with Gasteiger partial charge < -0.3 is 10.1 Å². The fourth-order valence-electron chi connectivity index (χ4n) is 1.32. The van der Waals surface area contributed by atoms with Crippen molar-refractivity contribution in [3.05, 3.63) is 24.0 Å². The summed E-state index contributed by atoms with van der Waals surface area (Å²) < 4.78 is 63.6. The van der Waals surface area contributed by atoms with Crippen molar-refractivity contribution >= 4 is 21.6 Å². The summed E-state index contributed by atoms with van der Waals surface area (Å²) in [7, 11) is -4.04. The van der Waals surface area contributed by atoms with E-state index in [2.05, 4.69) is 10.1 Å². The number of hydrogen-bond donors (Lipinski definition) is 2. The van der Waals surface area contributed by atoms with Crippen LogP contribution in [0.3, 0.4) is 0 Å². The highest BCUT2D eigenvalue weighted by molar-refractivity contribution is 7.89. The largest absolute Gasteiger partial charge is 0.375 e. The molecular formula is C11H13F3N2O4S. The maximum atomic E-state index is 13.6. The second-order valence-electron chi connectivity index (χ2n) is 3.95. The van der Waals surface area contributed by atoms with Crippen LogP contribution in [0.5, 0.6) is 0 Å². The summed E-state index contributed by atoms with van der Waals surface area (Å²) in [5, 5.41) is 6.98. The number of hydrogen-bond acceptors (Lipinski definition) is 4. The van der Waals surface area contributed by atoms with E-state index in [4.69, 9.17) is 5.14 Å². The molecule has 0 aromatic heterocycles. The van der Waals surface area contributed by atoms with Gasteiger partial charge in [-0.15, -0.1) is 0 Å². The zero-order chi connectivity index (χ0) is 16.0. The highest BCUT2D eigenvalue weighted by Gasteiger charge is 2.13. The third-order valence-corrected chi connectivity index (χ3v) is 3.17. The molecule has 0 bridgehead atoms. The molecule has 1 rings (SSSR count). The van der Waals surface area contributed by atoms with Crippen LogP contribution < -0.4 is 10.5 Å². The van der Waals surface area contributed by atoms with Gasteiger partial charge in [-0.25, -0.2) is 26.7 Å². The number of ether oxygens (including phenoxy) is 1. The van der Waals surface area contributed by atoms with Crippen molar-refractivity contribution in [2.75, 3.05) is 18.5 Å². The number of halogens is 3. The van der Waals surface area contributed by atoms with Crippen molar-refractivity contribution in [1.29, 1.82) is 0 Å².